The number of hydrogen-bond acceptors (Lipinski definition) is 4. The van der Waals surface area contributed by atoms with E-state index in [0.717, 1.165) is 24.9 Å². The first-order valence-corrected chi connectivity index (χ1v) is 5.68. The number of nitro groups is 1. The van der Waals surface area contributed by atoms with Crippen molar-refractivity contribution < 1.29 is 9.66 Å². The third-order valence-corrected chi connectivity index (χ3v) is 3.17. The van der Waals surface area contributed by atoms with Gasteiger partial charge in [0, 0.05) is 31.8 Å². The summed E-state index contributed by atoms with van der Waals surface area (Å²) in [7, 11) is 1.73. The van der Waals surface area contributed by atoms with E-state index in [0.29, 0.717) is 12.1 Å². The smallest absolute Gasteiger partial charge is 0.269 e. The lowest BCUT2D eigenvalue weighted by Gasteiger charge is -2.34. The molecule has 0 atom stereocenters. The fraction of sp³-hybridized carbons (Fsp3) is 0.500. The van der Waals surface area contributed by atoms with Crippen molar-refractivity contribution in [3.63, 3.8) is 0 Å². The van der Waals surface area contributed by atoms with Crippen molar-refractivity contribution in [2.75, 3.05) is 7.11 Å². The number of hydrogen-bond donors (Lipinski definition) is 1. The zero-order valence-corrected chi connectivity index (χ0v) is 9.76. The van der Waals surface area contributed by atoms with E-state index >= 15 is 0 Å². The Balaban J connectivity index is 1.78. The fourth-order valence-corrected chi connectivity index (χ4v) is 1.92. The molecule has 0 heterocycles. The van der Waals surface area contributed by atoms with Crippen LogP contribution in [-0.4, -0.2) is 24.2 Å². The Morgan fingerprint density at radius 2 is 2.06 bits per heavy atom. The number of ether oxygens (including phenoxy) is 1. The van der Waals surface area contributed by atoms with Gasteiger partial charge >= 0.3 is 0 Å². The van der Waals surface area contributed by atoms with Gasteiger partial charge in [0.05, 0.1) is 11.0 Å². The van der Waals surface area contributed by atoms with Crippen molar-refractivity contribution in [3.8, 4) is 0 Å². The number of nitrogens with one attached hydrogen (secondary N) is 1. The van der Waals surface area contributed by atoms with Crippen molar-refractivity contribution in [2.45, 2.75) is 31.5 Å². The summed E-state index contributed by atoms with van der Waals surface area (Å²) >= 11 is 0. The van der Waals surface area contributed by atoms with Crippen LogP contribution in [0, 0.1) is 10.1 Å². The highest BCUT2D eigenvalue weighted by atomic mass is 16.6. The molecule has 1 aliphatic rings. The molecule has 1 fully saturated rings. The lowest BCUT2D eigenvalue weighted by atomic mass is 9.89. The molecule has 0 unspecified atom stereocenters. The summed E-state index contributed by atoms with van der Waals surface area (Å²) in [6, 6.07) is 7.16. The third kappa shape index (κ3) is 3.01. The lowest BCUT2D eigenvalue weighted by molar-refractivity contribution is -0.384. The Morgan fingerprint density at radius 1 is 1.41 bits per heavy atom. The molecule has 2 rings (SSSR count). The maximum Gasteiger partial charge on any atom is 0.269 e. The van der Waals surface area contributed by atoms with Gasteiger partial charge in [-0.15, -0.1) is 0 Å². The minimum atomic E-state index is -0.383. The van der Waals surface area contributed by atoms with E-state index in [-0.39, 0.29) is 10.6 Å². The monoisotopic (exact) mass is 236 g/mol. The molecule has 92 valence electrons. The minimum absolute atomic E-state index is 0.136. The van der Waals surface area contributed by atoms with Crippen molar-refractivity contribution >= 4 is 5.69 Å². The van der Waals surface area contributed by atoms with Crippen molar-refractivity contribution in [1.29, 1.82) is 0 Å². The average molecular weight is 236 g/mol. The van der Waals surface area contributed by atoms with E-state index in [1.165, 1.54) is 12.1 Å². The van der Waals surface area contributed by atoms with Crippen molar-refractivity contribution in [1.82, 2.24) is 5.32 Å². The van der Waals surface area contributed by atoms with Crippen molar-refractivity contribution in [2.24, 2.45) is 0 Å². The van der Waals surface area contributed by atoms with Crippen LogP contribution >= 0.6 is 0 Å². The second-order valence-electron chi connectivity index (χ2n) is 4.33. The quantitative estimate of drug-likeness (QED) is 0.626. The van der Waals surface area contributed by atoms with Crippen LogP contribution in [0.25, 0.3) is 0 Å². The van der Waals surface area contributed by atoms with Gasteiger partial charge in [-0.2, -0.15) is 0 Å². The Labute approximate surface area is 99.9 Å². The van der Waals surface area contributed by atoms with Gasteiger partial charge in [0.1, 0.15) is 0 Å². The molecule has 5 heteroatoms. The first-order chi connectivity index (χ1) is 8.19. The summed E-state index contributed by atoms with van der Waals surface area (Å²) in [6.45, 7) is 0.749. The van der Waals surface area contributed by atoms with Gasteiger partial charge in [0.2, 0.25) is 0 Å². The lowest BCUT2D eigenvalue weighted by Crippen LogP contribution is -2.44. The van der Waals surface area contributed by atoms with Gasteiger partial charge in [0.15, 0.2) is 0 Å². The Bertz CT molecular complexity index is 385. The molecule has 17 heavy (non-hydrogen) atoms. The Hall–Kier alpha value is -1.46. The van der Waals surface area contributed by atoms with Gasteiger partial charge in [-0.1, -0.05) is 12.1 Å². The predicted octanol–water partition coefficient (Wildman–Crippen LogP) is 1.86. The number of non-ortho nitro benzene ring substituents is 1. The van der Waals surface area contributed by atoms with Crippen LogP contribution in [0.3, 0.4) is 0 Å². The minimum Gasteiger partial charge on any atom is -0.381 e. The highest BCUT2D eigenvalue weighted by molar-refractivity contribution is 5.32. The molecule has 0 aromatic heterocycles. The SMILES string of the molecule is COC1CC(NCc2ccc([N+](=O)[O-])cc2)C1. The van der Waals surface area contributed by atoms with E-state index < -0.39 is 0 Å². The summed E-state index contributed by atoms with van der Waals surface area (Å²) in [5.74, 6) is 0. The third-order valence-electron chi connectivity index (χ3n) is 3.17. The van der Waals surface area contributed by atoms with Crippen molar-refractivity contribution in [3.05, 3.63) is 39.9 Å². The zero-order chi connectivity index (χ0) is 12.3. The maximum absolute atomic E-state index is 10.5. The van der Waals surface area contributed by atoms with Gasteiger partial charge < -0.3 is 10.1 Å². The molecular weight excluding hydrogens is 220 g/mol. The molecule has 1 aliphatic carbocycles. The van der Waals surface area contributed by atoms with Gasteiger partial charge in [-0.05, 0) is 18.4 Å². The topological polar surface area (TPSA) is 64.4 Å². The zero-order valence-electron chi connectivity index (χ0n) is 9.76. The first-order valence-electron chi connectivity index (χ1n) is 5.68. The molecule has 0 spiro atoms. The highest BCUT2D eigenvalue weighted by Crippen LogP contribution is 2.23. The van der Waals surface area contributed by atoms with E-state index in [1.54, 1.807) is 19.2 Å². The molecule has 1 N–H and O–H groups in total. The molecule has 0 radical (unpaired) electrons. The Morgan fingerprint density at radius 3 is 2.59 bits per heavy atom. The number of rotatable bonds is 5. The molecular formula is C12H16N2O3. The molecule has 5 nitrogen and oxygen atoms in total. The second kappa shape index (κ2) is 5.25. The van der Waals surface area contributed by atoms with E-state index in [4.69, 9.17) is 4.74 Å². The summed E-state index contributed by atoms with van der Waals surface area (Å²) in [6.07, 6.45) is 2.48. The normalized spacial score (nSPS) is 23.1. The van der Waals surface area contributed by atoms with Crippen LogP contribution in [0.2, 0.25) is 0 Å². The maximum atomic E-state index is 10.5. The number of nitro benzene ring substituents is 1. The van der Waals surface area contributed by atoms with Gasteiger partial charge in [-0.3, -0.25) is 10.1 Å². The number of benzene rings is 1. The molecule has 0 bridgehead atoms. The number of nitrogens with zero attached hydrogens (tertiary/aromatic N) is 1. The number of methoxy groups -OCH3 is 1. The van der Waals surface area contributed by atoms with E-state index in [2.05, 4.69) is 5.32 Å². The molecule has 1 aromatic carbocycles. The summed E-state index contributed by atoms with van der Waals surface area (Å²) in [5.41, 5.74) is 1.20. The van der Waals surface area contributed by atoms with Crippen LogP contribution in [-0.2, 0) is 11.3 Å². The molecule has 0 saturated heterocycles. The van der Waals surface area contributed by atoms with Crippen LogP contribution in [0.1, 0.15) is 18.4 Å². The van der Waals surface area contributed by atoms with Gasteiger partial charge in [-0.25, -0.2) is 0 Å². The summed E-state index contributed by atoms with van der Waals surface area (Å²) in [5, 5.41) is 13.9. The van der Waals surface area contributed by atoms with Gasteiger partial charge in [0.25, 0.3) is 5.69 Å². The first kappa shape index (κ1) is 12.0. The molecule has 0 aliphatic heterocycles. The van der Waals surface area contributed by atoms with Crippen LogP contribution in [0.5, 0.6) is 0 Å². The van der Waals surface area contributed by atoms with Crippen LogP contribution in [0.15, 0.2) is 24.3 Å². The molecule has 1 saturated carbocycles. The fourth-order valence-electron chi connectivity index (χ4n) is 1.92. The predicted molar refractivity (Wildman–Crippen MR) is 63.8 cm³/mol. The van der Waals surface area contributed by atoms with Crippen LogP contribution in [0.4, 0.5) is 5.69 Å². The average Bonchev–Trinajstić information content (AvgIpc) is 2.28. The molecule has 0 amide bonds. The standard InChI is InChI=1S/C12H16N2O3/c1-17-12-6-10(7-12)13-8-9-2-4-11(5-3-9)14(15)16/h2-5,10,12-13H,6-8H2,1H3. The highest BCUT2D eigenvalue weighted by Gasteiger charge is 2.28. The van der Waals surface area contributed by atoms with E-state index in [1.807, 2.05) is 0 Å². The second-order valence-corrected chi connectivity index (χ2v) is 4.33. The Kier molecular flexibility index (Phi) is 3.71. The van der Waals surface area contributed by atoms with Crippen LogP contribution < -0.4 is 5.32 Å². The summed E-state index contributed by atoms with van der Waals surface area (Å²) < 4.78 is 5.20. The van der Waals surface area contributed by atoms with E-state index in [9.17, 15) is 10.1 Å². The summed E-state index contributed by atoms with van der Waals surface area (Å²) in [4.78, 5) is 10.1. The largest absolute Gasteiger partial charge is 0.381 e. The molecule has 1 aromatic rings.